The molecule has 1 N–H and O–H groups in total. The molecule has 0 saturated heterocycles. The molecule has 2 heterocycles. The molecule has 0 spiro atoms. The van der Waals surface area contributed by atoms with Gasteiger partial charge in [-0.3, -0.25) is 9.59 Å². The van der Waals surface area contributed by atoms with Crippen LogP contribution in [0.25, 0.3) is 10.9 Å². The number of aromatic nitrogens is 1. The van der Waals surface area contributed by atoms with Gasteiger partial charge in [-0.2, -0.15) is 0 Å². The number of carbonyl (C=O) groups is 2. The minimum absolute atomic E-state index is 0.126. The van der Waals surface area contributed by atoms with Crippen LogP contribution in [0, 0.1) is 0 Å². The van der Waals surface area contributed by atoms with Gasteiger partial charge in [0.1, 0.15) is 5.75 Å². The molecule has 33 heavy (non-hydrogen) atoms. The van der Waals surface area contributed by atoms with Crippen molar-refractivity contribution in [2.24, 2.45) is 0 Å². The van der Waals surface area contributed by atoms with Gasteiger partial charge in [0.2, 0.25) is 0 Å². The van der Waals surface area contributed by atoms with E-state index in [9.17, 15) is 9.59 Å². The fourth-order valence-electron chi connectivity index (χ4n) is 4.71. The normalized spacial score (nSPS) is 19.4. The van der Waals surface area contributed by atoms with Gasteiger partial charge in [0.05, 0.1) is 19.1 Å². The third-order valence-electron chi connectivity index (χ3n) is 6.42. The van der Waals surface area contributed by atoms with Crippen LogP contribution in [0.5, 0.6) is 5.75 Å². The number of methoxy groups -OCH3 is 1. The summed E-state index contributed by atoms with van der Waals surface area (Å²) in [7, 11) is 1.60. The van der Waals surface area contributed by atoms with Crippen LogP contribution < -0.4 is 10.1 Å². The Bertz CT molecular complexity index is 1300. The smallest absolute Gasteiger partial charge is 0.254 e. The SMILES string of the molecule is COc1ccc(Cn2c3c(c4ccc(C(=O)NC5(C)CC=CO5)cc42)CCCC3=O)c(Cl)c1. The van der Waals surface area contributed by atoms with E-state index in [1.54, 1.807) is 19.4 Å². The summed E-state index contributed by atoms with van der Waals surface area (Å²) in [4.78, 5) is 26.0. The van der Waals surface area contributed by atoms with E-state index in [1.807, 2.05) is 47.9 Å². The molecule has 1 aliphatic heterocycles. The molecule has 1 atom stereocenters. The van der Waals surface area contributed by atoms with E-state index in [-0.39, 0.29) is 11.7 Å². The molecule has 1 amide bonds. The van der Waals surface area contributed by atoms with Gasteiger partial charge in [0.25, 0.3) is 5.91 Å². The molecule has 1 unspecified atom stereocenters. The number of halogens is 1. The molecule has 0 saturated carbocycles. The van der Waals surface area contributed by atoms with Crippen molar-refractivity contribution in [3.05, 3.63) is 76.1 Å². The van der Waals surface area contributed by atoms with E-state index in [2.05, 4.69) is 5.32 Å². The van der Waals surface area contributed by atoms with Crippen molar-refractivity contribution in [3.63, 3.8) is 0 Å². The van der Waals surface area contributed by atoms with Crippen LogP contribution in [0.4, 0.5) is 0 Å². The molecule has 170 valence electrons. The Morgan fingerprint density at radius 1 is 1.24 bits per heavy atom. The predicted molar refractivity (Wildman–Crippen MR) is 127 cm³/mol. The number of ether oxygens (including phenoxy) is 2. The molecular formula is C26H25ClN2O4. The third kappa shape index (κ3) is 3.89. The van der Waals surface area contributed by atoms with Crippen LogP contribution in [-0.4, -0.2) is 29.1 Å². The van der Waals surface area contributed by atoms with Crippen molar-refractivity contribution < 1.29 is 19.1 Å². The van der Waals surface area contributed by atoms with Gasteiger partial charge in [-0.05, 0) is 61.2 Å². The van der Waals surface area contributed by atoms with Crippen LogP contribution in [0.15, 0.2) is 48.7 Å². The molecule has 6 nitrogen and oxygen atoms in total. The van der Waals surface area contributed by atoms with Crippen molar-refractivity contribution in [3.8, 4) is 5.75 Å². The summed E-state index contributed by atoms with van der Waals surface area (Å²) in [6, 6.07) is 11.2. The third-order valence-corrected chi connectivity index (χ3v) is 6.78. The molecule has 0 bridgehead atoms. The van der Waals surface area contributed by atoms with E-state index in [0.29, 0.717) is 35.7 Å². The van der Waals surface area contributed by atoms with Crippen LogP contribution >= 0.6 is 11.6 Å². The zero-order valence-corrected chi connectivity index (χ0v) is 19.4. The van der Waals surface area contributed by atoms with Crippen molar-refractivity contribution in [1.29, 1.82) is 0 Å². The van der Waals surface area contributed by atoms with E-state index in [0.717, 1.165) is 40.6 Å². The minimum Gasteiger partial charge on any atom is -0.497 e. The molecule has 2 aliphatic rings. The second kappa shape index (κ2) is 8.27. The number of aryl methyl sites for hydroxylation is 1. The summed E-state index contributed by atoms with van der Waals surface area (Å²) >= 11 is 6.53. The Hall–Kier alpha value is -3.25. The highest BCUT2D eigenvalue weighted by Crippen LogP contribution is 2.35. The number of rotatable bonds is 5. The first kappa shape index (κ1) is 21.6. The molecule has 0 radical (unpaired) electrons. The number of benzene rings is 2. The minimum atomic E-state index is -0.750. The molecule has 7 heteroatoms. The largest absolute Gasteiger partial charge is 0.497 e. The lowest BCUT2D eigenvalue weighted by molar-refractivity contribution is 0.0268. The number of nitrogens with zero attached hydrogens (tertiary/aromatic N) is 1. The molecule has 3 aromatic rings. The lowest BCUT2D eigenvalue weighted by Gasteiger charge is -2.25. The Morgan fingerprint density at radius 2 is 2.09 bits per heavy atom. The highest BCUT2D eigenvalue weighted by atomic mass is 35.5. The maximum Gasteiger partial charge on any atom is 0.254 e. The Labute approximate surface area is 197 Å². The Kier molecular flexibility index (Phi) is 5.41. The lowest BCUT2D eigenvalue weighted by atomic mass is 9.94. The van der Waals surface area contributed by atoms with E-state index >= 15 is 0 Å². The lowest BCUT2D eigenvalue weighted by Crippen LogP contribution is -2.45. The van der Waals surface area contributed by atoms with Crippen LogP contribution in [0.3, 0.4) is 0 Å². The number of amides is 1. The number of Topliss-reactive ketones (excluding diaryl/α,β-unsaturated/α-hetero) is 1. The fourth-order valence-corrected chi connectivity index (χ4v) is 4.94. The van der Waals surface area contributed by atoms with Crippen molar-refractivity contribution >= 4 is 34.2 Å². The second-order valence-corrected chi connectivity index (χ2v) is 9.17. The van der Waals surface area contributed by atoms with Gasteiger partial charge < -0.3 is 19.4 Å². The summed E-state index contributed by atoms with van der Waals surface area (Å²) in [5.74, 6) is 0.582. The van der Waals surface area contributed by atoms with Gasteiger partial charge >= 0.3 is 0 Å². The van der Waals surface area contributed by atoms with Crippen molar-refractivity contribution in [2.45, 2.75) is 44.9 Å². The maximum absolute atomic E-state index is 13.0. The van der Waals surface area contributed by atoms with Gasteiger partial charge in [-0.1, -0.05) is 23.7 Å². The monoisotopic (exact) mass is 464 g/mol. The van der Waals surface area contributed by atoms with E-state index in [1.165, 1.54) is 0 Å². The first-order valence-electron chi connectivity index (χ1n) is 11.0. The molecule has 2 aromatic carbocycles. The van der Waals surface area contributed by atoms with E-state index in [4.69, 9.17) is 21.1 Å². The van der Waals surface area contributed by atoms with Crippen LogP contribution in [-0.2, 0) is 17.7 Å². The number of carbonyl (C=O) groups excluding carboxylic acids is 2. The number of hydrogen-bond donors (Lipinski definition) is 1. The summed E-state index contributed by atoms with van der Waals surface area (Å²) in [6.45, 7) is 2.27. The molecule has 0 fully saturated rings. The van der Waals surface area contributed by atoms with Gasteiger partial charge in [-0.15, -0.1) is 0 Å². The quantitative estimate of drug-likeness (QED) is 0.559. The Morgan fingerprint density at radius 3 is 2.82 bits per heavy atom. The summed E-state index contributed by atoms with van der Waals surface area (Å²) in [6.07, 6.45) is 6.29. The molecular weight excluding hydrogens is 440 g/mol. The highest BCUT2D eigenvalue weighted by molar-refractivity contribution is 6.31. The molecule has 5 rings (SSSR count). The number of nitrogens with one attached hydrogen (secondary N) is 1. The average Bonchev–Trinajstić information content (AvgIpc) is 3.37. The standard InChI is InChI=1S/C26H25ClN2O4/c1-26(11-4-12-33-26)28-25(31)16-8-10-19-20-5-3-6-23(30)24(20)29(22(19)13-16)15-17-7-9-18(32-2)14-21(17)27/h4,7-10,12-14H,3,5-6,11,15H2,1-2H3,(H,28,31). The average molecular weight is 465 g/mol. The number of hydrogen-bond acceptors (Lipinski definition) is 4. The van der Waals surface area contributed by atoms with Gasteiger partial charge in [0, 0.05) is 40.9 Å². The first-order valence-corrected chi connectivity index (χ1v) is 11.4. The van der Waals surface area contributed by atoms with Crippen LogP contribution in [0.2, 0.25) is 5.02 Å². The predicted octanol–water partition coefficient (Wildman–Crippen LogP) is 5.25. The zero-order chi connectivity index (χ0) is 23.2. The number of fused-ring (bicyclic) bond motifs is 3. The maximum atomic E-state index is 13.0. The summed E-state index contributed by atoms with van der Waals surface area (Å²) in [5.41, 5.74) is 3.27. The van der Waals surface area contributed by atoms with Gasteiger partial charge in [-0.25, -0.2) is 0 Å². The highest BCUT2D eigenvalue weighted by Gasteiger charge is 2.31. The van der Waals surface area contributed by atoms with E-state index < -0.39 is 5.72 Å². The topological polar surface area (TPSA) is 69.6 Å². The fraction of sp³-hybridized carbons (Fsp3) is 0.308. The summed E-state index contributed by atoms with van der Waals surface area (Å²) in [5, 5.41) is 4.54. The molecule has 1 aliphatic carbocycles. The zero-order valence-electron chi connectivity index (χ0n) is 18.6. The van der Waals surface area contributed by atoms with Crippen molar-refractivity contribution in [1.82, 2.24) is 9.88 Å². The summed E-state index contributed by atoms with van der Waals surface area (Å²) < 4.78 is 12.8. The Balaban J connectivity index is 1.59. The van der Waals surface area contributed by atoms with Gasteiger partial charge in [0.15, 0.2) is 11.5 Å². The molecule has 1 aromatic heterocycles. The first-order chi connectivity index (χ1) is 15.9. The number of ketones is 1. The second-order valence-electron chi connectivity index (χ2n) is 8.76. The van der Waals surface area contributed by atoms with Crippen LogP contribution in [0.1, 0.15) is 58.2 Å². The van der Waals surface area contributed by atoms with Crippen molar-refractivity contribution in [2.75, 3.05) is 7.11 Å².